The van der Waals surface area contributed by atoms with E-state index in [1.165, 1.54) is 0 Å². The third-order valence-corrected chi connectivity index (χ3v) is 5.71. The summed E-state index contributed by atoms with van der Waals surface area (Å²) < 4.78 is 5.94. The molecule has 0 radical (unpaired) electrons. The molecule has 0 aliphatic carbocycles. The molecule has 2 aromatic rings. The van der Waals surface area contributed by atoms with Crippen LogP contribution in [0.5, 0.6) is 11.5 Å². The van der Waals surface area contributed by atoms with Gasteiger partial charge in [-0.3, -0.25) is 4.79 Å². The minimum Gasteiger partial charge on any atom is -0.507 e. The molecule has 0 heterocycles. The minimum atomic E-state index is -0.182. The van der Waals surface area contributed by atoms with Gasteiger partial charge in [-0.25, -0.2) is 0 Å². The Balaban J connectivity index is 2.04. The lowest BCUT2D eigenvalue weighted by molar-refractivity contribution is -0.116. The van der Waals surface area contributed by atoms with Crippen molar-refractivity contribution in [3.63, 3.8) is 0 Å². The molecule has 0 aromatic heterocycles. The minimum absolute atomic E-state index is 0.0282. The maximum Gasteiger partial charge on any atom is 0.224 e. The third-order valence-electron chi connectivity index (χ3n) is 5.71. The molecule has 0 saturated heterocycles. The average Bonchev–Trinajstić information content (AvgIpc) is 2.66. The van der Waals surface area contributed by atoms with Gasteiger partial charge in [0.1, 0.15) is 11.5 Å². The van der Waals surface area contributed by atoms with Gasteiger partial charge in [0.05, 0.1) is 6.10 Å². The van der Waals surface area contributed by atoms with Gasteiger partial charge in [0.15, 0.2) is 0 Å². The van der Waals surface area contributed by atoms with Crippen LogP contribution in [0.2, 0.25) is 0 Å². The molecule has 33 heavy (non-hydrogen) atoms. The fourth-order valence-electron chi connectivity index (χ4n) is 4.02. The van der Waals surface area contributed by atoms with Crippen LogP contribution in [0.25, 0.3) is 0 Å². The molecule has 2 aromatic carbocycles. The highest BCUT2D eigenvalue weighted by atomic mass is 16.5. The Hall–Kier alpha value is -2.49. The van der Waals surface area contributed by atoms with E-state index in [-0.39, 0.29) is 22.8 Å². The fourth-order valence-corrected chi connectivity index (χ4v) is 4.02. The van der Waals surface area contributed by atoms with Gasteiger partial charge in [0.2, 0.25) is 5.91 Å². The number of hydrogen-bond donors (Lipinski definition) is 2. The second-order valence-corrected chi connectivity index (χ2v) is 11.7. The smallest absolute Gasteiger partial charge is 0.224 e. The van der Waals surface area contributed by atoms with Gasteiger partial charge >= 0.3 is 0 Å². The summed E-state index contributed by atoms with van der Waals surface area (Å²) >= 11 is 0. The second-order valence-electron chi connectivity index (χ2n) is 11.7. The second kappa shape index (κ2) is 10.6. The first kappa shape index (κ1) is 26.8. The van der Waals surface area contributed by atoms with E-state index in [4.69, 9.17) is 4.74 Å². The number of aromatic hydroxyl groups is 1. The van der Waals surface area contributed by atoms with Crippen molar-refractivity contribution < 1.29 is 14.6 Å². The molecule has 2 rings (SSSR count). The highest BCUT2D eigenvalue weighted by Gasteiger charge is 2.26. The number of nitrogens with one attached hydrogen (secondary N) is 1. The summed E-state index contributed by atoms with van der Waals surface area (Å²) in [5.41, 5.74) is 3.32. The van der Waals surface area contributed by atoms with Crippen molar-refractivity contribution in [2.24, 2.45) is 5.92 Å². The van der Waals surface area contributed by atoms with Crippen LogP contribution in [-0.2, 0) is 22.0 Å². The van der Waals surface area contributed by atoms with Gasteiger partial charge in [0, 0.05) is 12.1 Å². The van der Waals surface area contributed by atoms with Gasteiger partial charge in [-0.2, -0.15) is 0 Å². The summed E-state index contributed by atoms with van der Waals surface area (Å²) in [4.78, 5) is 12.6. The summed E-state index contributed by atoms with van der Waals surface area (Å²) in [5.74, 6) is 1.74. The Morgan fingerprint density at radius 2 is 1.45 bits per heavy atom. The molecule has 0 fully saturated rings. The van der Waals surface area contributed by atoms with Crippen LogP contribution in [0.4, 0.5) is 5.69 Å². The number of aryl methyl sites for hydroxylation is 1. The van der Waals surface area contributed by atoms with Crippen molar-refractivity contribution in [1.29, 1.82) is 0 Å². The number of benzene rings is 2. The molecule has 0 aliphatic heterocycles. The van der Waals surface area contributed by atoms with Crippen LogP contribution in [0.15, 0.2) is 36.4 Å². The number of rotatable bonds is 8. The predicted octanol–water partition coefficient (Wildman–Crippen LogP) is 7.37. The monoisotopic (exact) mass is 453 g/mol. The maximum atomic E-state index is 12.6. The molecular formula is C29H43NO3. The van der Waals surface area contributed by atoms with Gasteiger partial charge < -0.3 is 15.2 Å². The van der Waals surface area contributed by atoms with E-state index >= 15 is 0 Å². The Kier molecular flexibility index (Phi) is 8.62. The van der Waals surface area contributed by atoms with Crippen molar-refractivity contribution in [3.8, 4) is 11.5 Å². The Bertz CT molecular complexity index is 896. The fraction of sp³-hybridized carbons (Fsp3) is 0.552. The number of carbonyl (C=O) groups is 1. The molecule has 0 spiro atoms. The first-order valence-corrected chi connectivity index (χ1v) is 12.1. The van der Waals surface area contributed by atoms with Crippen molar-refractivity contribution in [3.05, 3.63) is 53.1 Å². The van der Waals surface area contributed by atoms with Crippen molar-refractivity contribution >= 4 is 11.6 Å². The van der Waals surface area contributed by atoms with Gasteiger partial charge in [0.25, 0.3) is 0 Å². The Morgan fingerprint density at radius 1 is 0.939 bits per heavy atom. The standard InChI is InChI=1S/C29H43NO3/c1-19(2)16-20(3)33-23-13-11-22(12-14-23)30-26(31)15-10-21-17-24(28(4,5)6)27(32)25(18-21)29(7,8)9/h11-14,17-20,32H,10,15-16H2,1-9H3,(H,30,31). The molecule has 0 aliphatic rings. The Morgan fingerprint density at radius 3 is 1.91 bits per heavy atom. The summed E-state index contributed by atoms with van der Waals surface area (Å²) in [6.45, 7) is 19.0. The van der Waals surface area contributed by atoms with Crippen molar-refractivity contribution in [2.75, 3.05) is 5.32 Å². The quantitative estimate of drug-likeness (QED) is 0.438. The lowest BCUT2D eigenvalue weighted by Gasteiger charge is -2.28. The zero-order valence-electron chi connectivity index (χ0n) is 22.0. The number of carbonyl (C=O) groups excluding carboxylic acids is 1. The van der Waals surface area contributed by atoms with Crippen LogP contribution in [0.1, 0.15) is 91.8 Å². The number of ether oxygens (including phenoxy) is 1. The van der Waals surface area contributed by atoms with Gasteiger partial charge in [-0.05, 0) is 77.5 Å². The maximum absolute atomic E-state index is 12.6. The average molecular weight is 454 g/mol. The van der Waals surface area contributed by atoms with Gasteiger partial charge in [-0.1, -0.05) is 67.5 Å². The Labute approximate surface area is 200 Å². The first-order chi connectivity index (χ1) is 15.2. The van der Waals surface area contributed by atoms with E-state index in [0.29, 0.717) is 24.5 Å². The zero-order valence-corrected chi connectivity index (χ0v) is 22.0. The molecular weight excluding hydrogens is 410 g/mol. The number of amides is 1. The number of hydrogen-bond acceptors (Lipinski definition) is 3. The molecule has 2 N–H and O–H groups in total. The third kappa shape index (κ3) is 8.10. The van der Waals surface area contributed by atoms with E-state index in [1.807, 2.05) is 36.4 Å². The topological polar surface area (TPSA) is 58.6 Å². The largest absolute Gasteiger partial charge is 0.507 e. The first-order valence-electron chi connectivity index (χ1n) is 12.1. The predicted molar refractivity (Wildman–Crippen MR) is 138 cm³/mol. The van der Waals surface area contributed by atoms with Crippen molar-refractivity contribution in [1.82, 2.24) is 0 Å². The summed E-state index contributed by atoms with van der Waals surface area (Å²) in [6.07, 6.45) is 2.16. The van der Waals surface area contributed by atoms with E-state index in [0.717, 1.165) is 34.5 Å². The SMILES string of the molecule is CC(C)CC(C)Oc1ccc(NC(=O)CCc2cc(C(C)(C)C)c(O)c(C(C)(C)C)c2)cc1. The highest BCUT2D eigenvalue weighted by molar-refractivity contribution is 5.90. The summed E-state index contributed by atoms with van der Waals surface area (Å²) in [7, 11) is 0. The van der Waals surface area contributed by atoms with Crippen LogP contribution < -0.4 is 10.1 Å². The zero-order chi connectivity index (χ0) is 25.0. The van der Waals surface area contributed by atoms with E-state index < -0.39 is 0 Å². The molecule has 4 heteroatoms. The lowest BCUT2D eigenvalue weighted by Crippen LogP contribution is -2.18. The molecule has 0 bridgehead atoms. The number of phenolic OH excluding ortho intramolecular Hbond substituents is 1. The molecule has 1 amide bonds. The van der Waals surface area contributed by atoms with E-state index in [2.05, 4.69) is 67.6 Å². The number of anilines is 1. The highest BCUT2D eigenvalue weighted by Crippen LogP contribution is 2.40. The summed E-state index contributed by atoms with van der Waals surface area (Å²) in [5, 5.41) is 13.9. The molecule has 182 valence electrons. The molecule has 4 nitrogen and oxygen atoms in total. The van der Waals surface area contributed by atoms with Crippen LogP contribution >= 0.6 is 0 Å². The van der Waals surface area contributed by atoms with Crippen LogP contribution in [0.3, 0.4) is 0 Å². The lowest BCUT2D eigenvalue weighted by atomic mass is 9.78. The normalized spacial score (nSPS) is 13.2. The van der Waals surface area contributed by atoms with E-state index in [9.17, 15) is 9.90 Å². The van der Waals surface area contributed by atoms with Crippen LogP contribution in [0, 0.1) is 5.92 Å². The molecule has 0 saturated carbocycles. The number of phenols is 1. The van der Waals surface area contributed by atoms with Crippen LogP contribution in [-0.4, -0.2) is 17.1 Å². The molecule has 1 unspecified atom stereocenters. The van der Waals surface area contributed by atoms with E-state index in [1.54, 1.807) is 0 Å². The van der Waals surface area contributed by atoms with Crippen molar-refractivity contribution in [2.45, 2.75) is 98.5 Å². The molecule has 1 atom stereocenters. The van der Waals surface area contributed by atoms with Gasteiger partial charge in [-0.15, -0.1) is 0 Å². The summed E-state index contributed by atoms with van der Waals surface area (Å²) in [6, 6.07) is 11.6.